The highest BCUT2D eigenvalue weighted by Gasteiger charge is 2.17. The molecular formula is C20H19ClN6OS. The van der Waals surface area contributed by atoms with Gasteiger partial charge in [0.1, 0.15) is 5.82 Å². The lowest BCUT2D eigenvalue weighted by molar-refractivity contribution is -0.119. The van der Waals surface area contributed by atoms with Gasteiger partial charge in [-0.3, -0.25) is 9.89 Å². The van der Waals surface area contributed by atoms with Crippen molar-refractivity contribution >= 4 is 40.3 Å². The van der Waals surface area contributed by atoms with E-state index in [1.54, 1.807) is 6.07 Å². The van der Waals surface area contributed by atoms with Crippen LogP contribution in [0, 0.1) is 0 Å². The molecule has 0 spiro atoms. The number of benzene rings is 2. The van der Waals surface area contributed by atoms with Crippen molar-refractivity contribution < 1.29 is 4.79 Å². The minimum atomic E-state index is -0.216. The maximum atomic E-state index is 12.4. The number of thioether (sulfide) groups is 1. The molecule has 0 aliphatic carbocycles. The standard InChI is InChI=1S/C20H19ClN6OS/c1-12(19-23-15-9-5-6-10-16(15)27(19)2)22-17(28)11-29-20-24-18(25-26-20)13-7-3-4-8-14(13)21/h3-10,12H,11H2,1-2H3,(H,22,28)(H,24,25,26)/t12-/m0/s1. The number of fused-ring (bicyclic) bond motifs is 1. The first kappa shape index (κ1) is 19.5. The normalized spacial score (nSPS) is 12.2. The van der Waals surface area contributed by atoms with Crippen LogP contribution < -0.4 is 5.32 Å². The highest BCUT2D eigenvalue weighted by molar-refractivity contribution is 7.99. The molecule has 0 saturated heterocycles. The summed E-state index contributed by atoms with van der Waals surface area (Å²) >= 11 is 7.45. The predicted molar refractivity (Wildman–Crippen MR) is 115 cm³/mol. The van der Waals surface area contributed by atoms with Crippen LogP contribution in [0.3, 0.4) is 0 Å². The fraction of sp³-hybridized carbons (Fsp3) is 0.200. The zero-order valence-corrected chi connectivity index (χ0v) is 17.5. The molecule has 4 aromatic rings. The van der Waals surface area contributed by atoms with Gasteiger partial charge in [0.05, 0.1) is 27.9 Å². The van der Waals surface area contributed by atoms with Crippen molar-refractivity contribution in [2.45, 2.75) is 18.1 Å². The van der Waals surface area contributed by atoms with Crippen LogP contribution >= 0.6 is 23.4 Å². The van der Waals surface area contributed by atoms with Gasteiger partial charge in [-0.15, -0.1) is 5.10 Å². The molecule has 0 aliphatic heterocycles. The van der Waals surface area contributed by atoms with E-state index in [0.717, 1.165) is 22.4 Å². The molecule has 4 rings (SSSR count). The van der Waals surface area contributed by atoms with Crippen molar-refractivity contribution in [3.63, 3.8) is 0 Å². The summed E-state index contributed by atoms with van der Waals surface area (Å²) in [5.74, 6) is 1.47. The van der Waals surface area contributed by atoms with E-state index in [9.17, 15) is 4.79 Å². The average molecular weight is 427 g/mol. The summed E-state index contributed by atoms with van der Waals surface area (Å²) in [6.45, 7) is 1.92. The summed E-state index contributed by atoms with van der Waals surface area (Å²) in [6.07, 6.45) is 0. The van der Waals surface area contributed by atoms with Crippen LogP contribution in [-0.4, -0.2) is 36.4 Å². The first-order valence-electron chi connectivity index (χ1n) is 9.03. The number of carbonyl (C=O) groups is 1. The Hall–Kier alpha value is -2.84. The summed E-state index contributed by atoms with van der Waals surface area (Å²) in [6, 6.07) is 15.1. The second-order valence-electron chi connectivity index (χ2n) is 6.54. The van der Waals surface area contributed by atoms with Crippen LogP contribution in [0.2, 0.25) is 5.02 Å². The van der Waals surface area contributed by atoms with Crippen LogP contribution in [0.1, 0.15) is 18.8 Å². The lowest BCUT2D eigenvalue weighted by atomic mass is 10.2. The van der Waals surface area contributed by atoms with E-state index in [1.165, 1.54) is 11.8 Å². The SMILES string of the molecule is C[C@H](NC(=O)CSc1n[nH]c(-c2ccccc2Cl)n1)c1nc2ccccc2n1C. The van der Waals surface area contributed by atoms with Crippen molar-refractivity contribution in [2.24, 2.45) is 7.05 Å². The topological polar surface area (TPSA) is 88.5 Å². The predicted octanol–water partition coefficient (Wildman–Crippen LogP) is 3.98. The number of aromatic nitrogens is 5. The fourth-order valence-electron chi connectivity index (χ4n) is 3.11. The zero-order chi connectivity index (χ0) is 20.4. The Morgan fingerprint density at radius 2 is 1.97 bits per heavy atom. The second kappa shape index (κ2) is 8.26. The molecule has 148 valence electrons. The number of aromatic amines is 1. The fourth-order valence-corrected chi connectivity index (χ4v) is 3.95. The van der Waals surface area contributed by atoms with Crippen molar-refractivity contribution in [3.8, 4) is 11.4 Å². The maximum Gasteiger partial charge on any atom is 0.231 e. The molecule has 0 radical (unpaired) electrons. The molecule has 2 heterocycles. The molecule has 0 aliphatic rings. The number of hydrogen-bond donors (Lipinski definition) is 2. The van der Waals surface area contributed by atoms with E-state index in [1.807, 2.05) is 61.0 Å². The smallest absolute Gasteiger partial charge is 0.231 e. The third kappa shape index (κ3) is 4.13. The van der Waals surface area contributed by atoms with Crippen molar-refractivity contribution in [1.29, 1.82) is 0 Å². The van der Waals surface area contributed by atoms with Gasteiger partial charge in [-0.05, 0) is 31.2 Å². The van der Waals surface area contributed by atoms with E-state index < -0.39 is 0 Å². The van der Waals surface area contributed by atoms with Gasteiger partial charge >= 0.3 is 0 Å². The van der Waals surface area contributed by atoms with Crippen LogP contribution in [0.5, 0.6) is 0 Å². The van der Waals surface area contributed by atoms with Gasteiger partial charge in [0.15, 0.2) is 5.82 Å². The number of nitrogens with zero attached hydrogens (tertiary/aromatic N) is 4. The summed E-state index contributed by atoms with van der Waals surface area (Å²) < 4.78 is 2.00. The Morgan fingerprint density at radius 3 is 2.76 bits per heavy atom. The molecule has 0 saturated carbocycles. The molecule has 0 unspecified atom stereocenters. The lowest BCUT2D eigenvalue weighted by Gasteiger charge is -2.13. The van der Waals surface area contributed by atoms with Crippen LogP contribution in [0.4, 0.5) is 0 Å². The highest BCUT2D eigenvalue weighted by atomic mass is 35.5. The molecule has 9 heteroatoms. The number of amides is 1. The molecule has 2 aromatic carbocycles. The Bertz CT molecular complexity index is 1170. The third-order valence-electron chi connectivity index (χ3n) is 4.51. The average Bonchev–Trinajstić information content (AvgIpc) is 3.32. The van der Waals surface area contributed by atoms with Crippen molar-refractivity contribution in [2.75, 3.05) is 5.75 Å². The number of halogens is 1. The van der Waals surface area contributed by atoms with Gasteiger partial charge in [-0.2, -0.15) is 0 Å². The summed E-state index contributed by atoms with van der Waals surface area (Å²) in [7, 11) is 1.95. The Kier molecular flexibility index (Phi) is 5.55. The number of imidazole rings is 1. The number of nitrogens with one attached hydrogen (secondary N) is 2. The second-order valence-corrected chi connectivity index (χ2v) is 7.89. The minimum absolute atomic E-state index is 0.112. The number of H-pyrrole nitrogens is 1. The molecule has 7 nitrogen and oxygen atoms in total. The van der Waals surface area contributed by atoms with Crippen LogP contribution in [-0.2, 0) is 11.8 Å². The van der Waals surface area contributed by atoms with Gasteiger partial charge in [-0.25, -0.2) is 9.97 Å². The van der Waals surface area contributed by atoms with E-state index in [4.69, 9.17) is 11.6 Å². The molecule has 1 amide bonds. The number of rotatable bonds is 6. The molecule has 0 bridgehead atoms. The molecular weight excluding hydrogens is 408 g/mol. The monoisotopic (exact) mass is 426 g/mol. The molecule has 2 N–H and O–H groups in total. The molecule has 0 fully saturated rings. The largest absolute Gasteiger partial charge is 0.346 e. The summed E-state index contributed by atoms with van der Waals surface area (Å²) in [5, 5.41) is 11.1. The van der Waals surface area contributed by atoms with Crippen LogP contribution in [0.25, 0.3) is 22.4 Å². The first-order chi connectivity index (χ1) is 14.0. The lowest BCUT2D eigenvalue weighted by Crippen LogP contribution is -2.29. The van der Waals surface area contributed by atoms with E-state index in [-0.39, 0.29) is 17.7 Å². The number of hydrogen-bond acceptors (Lipinski definition) is 5. The highest BCUT2D eigenvalue weighted by Crippen LogP contribution is 2.26. The number of carbonyl (C=O) groups excluding carboxylic acids is 1. The van der Waals surface area contributed by atoms with Crippen LogP contribution in [0.15, 0.2) is 53.7 Å². The Balaban J connectivity index is 1.38. The van der Waals surface area contributed by atoms with Gasteiger partial charge in [-0.1, -0.05) is 47.6 Å². The quantitative estimate of drug-likeness (QED) is 0.455. The zero-order valence-electron chi connectivity index (χ0n) is 15.9. The van der Waals surface area contributed by atoms with E-state index in [2.05, 4.69) is 25.5 Å². The minimum Gasteiger partial charge on any atom is -0.346 e. The van der Waals surface area contributed by atoms with Gasteiger partial charge in [0, 0.05) is 12.6 Å². The summed E-state index contributed by atoms with van der Waals surface area (Å²) in [5.41, 5.74) is 2.72. The molecule has 29 heavy (non-hydrogen) atoms. The maximum absolute atomic E-state index is 12.4. The molecule has 2 aromatic heterocycles. The number of aryl methyl sites for hydroxylation is 1. The van der Waals surface area contributed by atoms with E-state index >= 15 is 0 Å². The molecule has 1 atom stereocenters. The first-order valence-corrected chi connectivity index (χ1v) is 10.4. The van der Waals surface area contributed by atoms with Crippen molar-refractivity contribution in [1.82, 2.24) is 30.0 Å². The van der Waals surface area contributed by atoms with Gasteiger partial charge in [0.2, 0.25) is 11.1 Å². The van der Waals surface area contributed by atoms with Gasteiger partial charge in [0.25, 0.3) is 0 Å². The Morgan fingerprint density at radius 1 is 1.21 bits per heavy atom. The van der Waals surface area contributed by atoms with E-state index in [0.29, 0.717) is 16.0 Å². The number of para-hydroxylation sites is 2. The van der Waals surface area contributed by atoms with Crippen molar-refractivity contribution in [3.05, 3.63) is 59.4 Å². The Labute approximate surface area is 176 Å². The third-order valence-corrected chi connectivity index (χ3v) is 5.69. The summed E-state index contributed by atoms with van der Waals surface area (Å²) in [4.78, 5) is 21.4. The van der Waals surface area contributed by atoms with Gasteiger partial charge < -0.3 is 9.88 Å².